The number of benzene rings is 1. The molecule has 72 valence electrons. The van der Waals surface area contributed by atoms with Gasteiger partial charge in [0.1, 0.15) is 0 Å². The fourth-order valence-electron chi connectivity index (χ4n) is 1.85. The Labute approximate surface area is 87.0 Å². The second-order valence-electron chi connectivity index (χ2n) is 3.94. The summed E-state index contributed by atoms with van der Waals surface area (Å²) in [5.41, 5.74) is 1.48. The first-order valence-corrected chi connectivity index (χ1v) is 5.82. The van der Waals surface area contributed by atoms with Gasteiger partial charge >= 0.3 is 0 Å². The van der Waals surface area contributed by atoms with E-state index < -0.39 is 0 Å². The minimum Gasteiger partial charge on any atom is -0.391 e. The van der Waals surface area contributed by atoms with Crippen LogP contribution in [0, 0.1) is 0 Å². The van der Waals surface area contributed by atoms with Crippen LogP contribution < -0.4 is 0 Å². The van der Waals surface area contributed by atoms with Crippen LogP contribution in [0.25, 0.3) is 10.1 Å². The molecule has 1 aromatic carbocycles. The third-order valence-corrected chi connectivity index (χ3v) is 3.88. The molecule has 1 heterocycles. The first kappa shape index (κ1) is 8.45. The molecule has 3 rings (SSSR count). The zero-order valence-electron chi connectivity index (χ0n) is 7.86. The number of aliphatic hydroxyl groups is 1. The summed E-state index contributed by atoms with van der Waals surface area (Å²) in [7, 11) is 0. The highest BCUT2D eigenvalue weighted by atomic mass is 32.1. The van der Waals surface area contributed by atoms with Gasteiger partial charge in [0.05, 0.1) is 6.61 Å². The van der Waals surface area contributed by atoms with Crippen molar-refractivity contribution in [2.45, 2.75) is 25.4 Å². The molecule has 0 radical (unpaired) electrons. The zero-order chi connectivity index (χ0) is 9.54. The smallest absolute Gasteiger partial charge is 0.0774 e. The van der Waals surface area contributed by atoms with Gasteiger partial charge in [-0.25, -0.2) is 0 Å². The van der Waals surface area contributed by atoms with E-state index in [9.17, 15) is 0 Å². The quantitative estimate of drug-likeness (QED) is 0.796. The summed E-state index contributed by atoms with van der Waals surface area (Å²) in [5, 5.41) is 10.3. The van der Waals surface area contributed by atoms with Crippen molar-refractivity contribution >= 4 is 21.4 Å². The Morgan fingerprint density at radius 3 is 2.86 bits per heavy atom. The van der Waals surface area contributed by atoms with Crippen LogP contribution in [-0.2, 0) is 6.61 Å². The van der Waals surface area contributed by atoms with Gasteiger partial charge in [0.15, 0.2) is 0 Å². The van der Waals surface area contributed by atoms with Gasteiger partial charge in [0.2, 0.25) is 0 Å². The minimum atomic E-state index is 0.165. The lowest BCUT2D eigenvalue weighted by molar-refractivity contribution is 0.285. The molecule has 0 amide bonds. The fourth-order valence-corrected chi connectivity index (χ4v) is 2.82. The van der Waals surface area contributed by atoms with Crippen molar-refractivity contribution in [1.82, 2.24) is 0 Å². The van der Waals surface area contributed by atoms with Crippen LogP contribution in [0.4, 0.5) is 0 Å². The third kappa shape index (κ3) is 1.35. The summed E-state index contributed by atoms with van der Waals surface area (Å²) in [5.74, 6) is 0.819. The molecule has 1 aliphatic carbocycles. The highest BCUT2D eigenvalue weighted by Crippen LogP contribution is 2.41. The van der Waals surface area contributed by atoms with E-state index in [-0.39, 0.29) is 6.61 Å². The van der Waals surface area contributed by atoms with Gasteiger partial charge in [-0.05, 0) is 41.8 Å². The van der Waals surface area contributed by atoms with Gasteiger partial charge in [-0.2, -0.15) is 0 Å². The van der Waals surface area contributed by atoms with Crippen LogP contribution in [-0.4, -0.2) is 5.11 Å². The summed E-state index contributed by atoms with van der Waals surface area (Å²) < 4.78 is 1.32. The second kappa shape index (κ2) is 3.07. The molecule has 14 heavy (non-hydrogen) atoms. The van der Waals surface area contributed by atoms with Crippen LogP contribution in [0.2, 0.25) is 0 Å². The lowest BCUT2D eigenvalue weighted by Gasteiger charge is -1.96. The summed E-state index contributed by atoms with van der Waals surface area (Å²) in [6, 6.07) is 8.78. The Hall–Kier alpha value is -0.860. The van der Waals surface area contributed by atoms with Gasteiger partial charge in [-0.1, -0.05) is 12.1 Å². The van der Waals surface area contributed by atoms with E-state index in [0.29, 0.717) is 0 Å². The number of thiophene rings is 1. The molecule has 0 spiro atoms. The van der Waals surface area contributed by atoms with E-state index in [1.807, 2.05) is 0 Å². The van der Waals surface area contributed by atoms with Crippen molar-refractivity contribution in [3.8, 4) is 0 Å². The summed E-state index contributed by atoms with van der Waals surface area (Å²) >= 11 is 1.71. The van der Waals surface area contributed by atoms with Crippen molar-refractivity contribution in [1.29, 1.82) is 0 Å². The van der Waals surface area contributed by atoms with Crippen LogP contribution in [0.15, 0.2) is 24.3 Å². The lowest BCUT2D eigenvalue weighted by Crippen LogP contribution is -1.75. The van der Waals surface area contributed by atoms with Crippen LogP contribution in [0.3, 0.4) is 0 Å². The largest absolute Gasteiger partial charge is 0.391 e. The fraction of sp³-hybridized carbons (Fsp3) is 0.333. The molecule has 0 bridgehead atoms. The average molecular weight is 204 g/mol. The Morgan fingerprint density at radius 1 is 1.29 bits per heavy atom. The first-order valence-electron chi connectivity index (χ1n) is 5.00. The molecular weight excluding hydrogens is 192 g/mol. The summed E-state index contributed by atoms with van der Waals surface area (Å²) in [4.78, 5) is 1.06. The number of hydrogen-bond donors (Lipinski definition) is 1. The highest BCUT2D eigenvalue weighted by molar-refractivity contribution is 7.19. The topological polar surface area (TPSA) is 20.2 Å². The SMILES string of the molecule is OCc1cc2ccc(C3CC3)cc2s1. The normalized spacial score (nSPS) is 16.4. The Bertz CT molecular complexity index is 468. The molecule has 0 atom stereocenters. The third-order valence-electron chi connectivity index (χ3n) is 2.80. The summed E-state index contributed by atoms with van der Waals surface area (Å²) in [6.45, 7) is 0.165. The molecule has 1 aliphatic rings. The molecule has 1 aromatic heterocycles. The lowest BCUT2D eigenvalue weighted by atomic mass is 10.1. The van der Waals surface area contributed by atoms with Crippen molar-refractivity contribution in [2.75, 3.05) is 0 Å². The van der Waals surface area contributed by atoms with Gasteiger partial charge < -0.3 is 5.11 Å². The van der Waals surface area contributed by atoms with Gasteiger partial charge in [0, 0.05) is 9.58 Å². The maximum atomic E-state index is 9.04. The van der Waals surface area contributed by atoms with E-state index in [4.69, 9.17) is 5.11 Å². The molecule has 2 aromatic rings. The predicted molar refractivity (Wildman–Crippen MR) is 59.7 cm³/mol. The molecule has 0 unspecified atom stereocenters. The highest BCUT2D eigenvalue weighted by Gasteiger charge is 2.23. The number of fused-ring (bicyclic) bond motifs is 1. The minimum absolute atomic E-state index is 0.165. The monoisotopic (exact) mass is 204 g/mol. The predicted octanol–water partition coefficient (Wildman–Crippen LogP) is 3.27. The van der Waals surface area contributed by atoms with Crippen LogP contribution in [0.5, 0.6) is 0 Å². The second-order valence-corrected chi connectivity index (χ2v) is 5.11. The maximum absolute atomic E-state index is 9.04. The Morgan fingerprint density at radius 2 is 2.14 bits per heavy atom. The van der Waals surface area contributed by atoms with E-state index in [1.54, 1.807) is 11.3 Å². The van der Waals surface area contributed by atoms with Crippen LogP contribution in [0.1, 0.15) is 29.2 Å². The molecule has 0 saturated heterocycles. The van der Waals surface area contributed by atoms with E-state index in [2.05, 4.69) is 24.3 Å². The molecule has 1 fully saturated rings. The number of hydrogen-bond acceptors (Lipinski definition) is 2. The number of rotatable bonds is 2. The van der Waals surface area contributed by atoms with Gasteiger partial charge in [-0.15, -0.1) is 11.3 Å². The van der Waals surface area contributed by atoms with E-state index in [1.165, 1.54) is 28.5 Å². The van der Waals surface area contributed by atoms with E-state index in [0.717, 1.165) is 10.8 Å². The Balaban J connectivity index is 2.12. The van der Waals surface area contributed by atoms with Crippen molar-refractivity contribution < 1.29 is 5.11 Å². The van der Waals surface area contributed by atoms with Crippen molar-refractivity contribution in [3.05, 3.63) is 34.7 Å². The first-order chi connectivity index (χ1) is 6.86. The van der Waals surface area contributed by atoms with Gasteiger partial charge in [0.25, 0.3) is 0 Å². The molecule has 0 aliphatic heterocycles. The van der Waals surface area contributed by atoms with E-state index >= 15 is 0 Å². The Kier molecular flexibility index (Phi) is 1.85. The number of aliphatic hydroxyl groups excluding tert-OH is 1. The van der Waals surface area contributed by atoms with Crippen molar-refractivity contribution in [2.24, 2.45) is 0 Å². The van der Waals surface area contributed by atoms with Gasteiger partial charge in [-0.3, -0.25) is 0 Å². The molecule has 1 N–H and O–H groups in total. The van der Waals surface area contributed by atoms with Crippen LogP contribution >= 0.6 is 11.3 Å². The standard InChI is InChI=1S/C12H12OS/c13-7-11-5-10-4-3-9(8-1-2-8)6-12(10)14-11/h3-6,8,13H,1-2,7H2. The zero-order valence-corrected chi connectivity index (χ0v) is 8.68. The molecular formula is C12H12OS. The molecule has 2 heteroatoms. The molecule has 1 nitrogen and oxygen atoms in total. The molecule has 1 saturated carbocycles. The summed E-state index contributed by atoms with van der Waals surface area (Å²) in [6.07, 6.45) is 2.70. The maximum Gasteiger partial charge on any atom is 0.0774 e. The van der Waals surface area contributed by atoms with Crippen molar-refractivity contribution in [3.63, 3.8) is 0 Å². The average Bonchev–Trinajstić information content (AvgIpc) is 2.97.